The zero-order valence-electron chi connectivity index (χ0n) is 17.4. The molecule has 0 saturated heterocycles. The van der Waals surface area contributed by atoms with Gasteiger partial charge in [0.1, 0.15) is 17.3 Å². The Bertz CT molecular complexity index is 1120. The molecule has 3 N–H and O–H groups in total. The number of nitrogens with one attached hydrogen (secondary N) is 3. The van der Waals surface area contributed by atoms with E-state index in [0.717, 1.165) is 24.5 Å². The Morgan fingerprint density at radius 2 is 1.91 bits per heavy atom. The molecule has 0 aliphatic heterocycles. The maximum Gasteiger partial charge on any atom is 0.433 e. The second-order valence-electron chi connectivity index (χ2n) is 6.84. The van der Waals surface area contributed by atoms with E-state index in [4.69, 9.17) is 0 Å². The number of alkyl halides is 3. The van der Waals surface area contributed by atoms with E-state index in [1.165, 1.54) is 24.3 Å². The van der Waals surface area contributed by atoms with Crippen LogP contribution in [0.5, 0.6) is 0 Å². The van der Waals surface area contributed by atoms with E-state index in [0.29, 0.717) is 12.1 Å². The number of pyridine rings is 1. The quantitative estimate of drug-likeness (QED) is 0.398. The molecule has 0 spiro atoms. The lowest BCUT2D eigenvalue weighted by Gasteiger charge is -2.15. The van der Waals surface area contributed by atoms with Crippen LogP contribution in [0.3, 0.4) is 0 Å². The molecule has 32 heavy (non-hydrogen) atoms. The van der Waals surface area contributed by atoms with E-state index in [2.05, 4.69) is 15.6 Å². The van der Waals surface area contributed by atoms with Crippen molar-refractivity contribution in [2.24, 2.45) is 0 Å². The van der Waals surface area contributed by atoms with E-state index >= 15 is 0 Å². The van der Waals surface area contributed by atoms with Crippen LogP contribution < -0.4 is 15.4 Å². The summed E-state index contributed by atoms with van der Waals surface area (Å²) in [5.74, 6) is -1.40. The minimum atomic E-state index is -4.60. The van der Waals surface area contributed by atoms with Gasteiger partial charge in [-0.05, 0) is 49.8 Å². The largest absolute Gasteiger partial charge is 0.433 e. The topological polar surface area (TPSA) is 100 Å². The number of aromatic nitrogens is 1. The summed E-state index contributed by atoms with van der Waals surface area (Å²) in [6.45, 7) is 3.61. The summed E-state index contributed by atoms with van der Waals surface area (Å²) in [5.41, 5.74) is -0.613. The van der Waals surface area contributed by atoms with Gasteiger partial charge >= 0.3 is 6.18 Å². The van der Waals surface area contributed by atoms with Gasteiger partial charge in [-0.1, -0.05) is 6.07 Å². The molecule has 174 valence electrons. The van der Waals surface area contributed by atoms with Crippen molar-refractivity contribution < 1.29 is 30.8 Å². The fourth-order valence-corrected chi connectivity index (χ4v) is 3.23. The van der Waals surface area contributed by atoms with Crippen LogP contribution in [0.25, 0.3) is 6.08 Å². The van der Waals surface area contributed by atoms with Gasteiger partial charge in [0.05, 0.1) is 18.0 Å². The SMILES string of the molecule is CCNc1nc(C(F)(F)F)ccc1C=CC(=O)NC(C)c1ccc(NS(C)(=O)=O)c(F)c1. The lowest BCUT2D eigenvalue weighted by Crippen LogP contribution is -2.24. The Kier molecular flexibility index (Phi) is 7.83. The van der Waals surface area contributed by atoms with E-state index < -0.39 is 39.7 Å². The summed E-state index contributed by atoms with van der Waals surface area (Å²) in [6.07, 6.45) is -1.27. The summed E-state index contributed by atoms with van der Waals surface area (Å²) in [4.78, 5) is 15.8. The van der Waals surface area contributed by atoms with Gasteiger partial charge in [-0.3, -0.25) is 9.52 Å². The van der Waals surface area contributed by atoms with Crippen molar-refractivity contribution in [3.63, 3.8) is 0 Å². The molecule has 1 aromatic heterocycles. The number of hydrogen-bond donors (Lipinski definition) is 3. The lowest BCUT2D eigenvalue weighted by atomic mass is 10.1. The van der Waals surface area contributed by atoms with Crippen molar-refractivity contribution in [2.75, 3.05) is 22.8 Å². The van der Waals surface area contributed by atoms with Gasteiger partial charge in [0.2, 0.25) is 15.9 Å². The molecule has 0 fully saturated rings. The Hall–Kier alpha value is -3.15. The fraction of sp³-hybridized carbons (Fsp3) is 0.300. The number of amides is 1. The molecule has 2 rings (SSSR count). The third-order valence-corrected chi connectivity index (χ3v) is 4.71. The second kappa shape index (κ2) is 9.98. The van der Waals surface area contributed by atoms with Crippen molar-refractivity contribution in [3.8, 4) is 0 Å². The first-order chi connectivity index (χ1) is 14.8. The highest BCUT2D eigenvalue weighted by Crippen LogP contribution is 2.30. The Morgan fingerprint density at radius 1 is 1.22 bits per heavy atom. The molecule has 1 unspecified atom stereocenters. The molecule has 1 aromatic carbocycles. The number of benzene rings is 1. The smallest absolute Gasteiger partial charge is 0.370 e. The van der Waals surface area contributed by atoms with Crippen molar-refractivity contribution in [2.45, 2.75) is 26.1 Å². The van der Waals surface area contributed by atoms with Gasteiger partial charge < -0.3 is 10.6 Å². The van der Waals surface area contributed by atoms with E-state index in [1.807, 2.05) is 4.72 Å². The minimum Gasteiger partial charge on any atom is -0.370 e. The first-order valence-electron chi connectivity index (χ1n) is 9.38. The zero-order chi connectivity index (χ0) is 24.1. The van der Waals surface area contributed by atoms with Crippen LogP contribution in [0.2, 0.25) is 0 Å². The van der Waals surface area contributed by atoms with Crippen LogP contribution in [0, 0.1) is 5.82 Å². The van der Waals surface area contributed by atoms with Gasteiger partial charge in [-0.15, -0.1) is 0 Å². The first-order valence-corrected chi connectivity index (χ1v) is 11.3. The third kappa shape index (κ3) is 7.22. The Morgan fingerprint density at radius 3 is 2.47 bits per heavy atom. The summed E-state index contributed by atoms with van der Waals surface area (Å²) in [6, 6.07) is 5.16. The molecule has 2 aromatic rings. The lowest BCUT2D eigenvalue weighted by molar-refractivity contribution is -0.141. The molecule has 7 nitrogen and oxygen atoms in total. The maximum atomic E-state index is 14.1. The number of sulfonamides is 1. The number of carbonyl (C=O) groups excluding carboxylic acids is 1. The number of halogens is 4. The molecule has 0 aliphatic rings. The van der Waals surface area contributed by atoms with Crippen LogP contribution in [-0.2, 0) is 21.0 Å². The summed E-state index contributed by atoms with van der Waals surface area (Å²) < 4.78 is 77.2. The van der Waals surface area contributed by atoms with Crippen LogP contribution in [0.4, 0.5) is 29.1 Å². The van der Waals surface area contributed by atoms with Crippen LogP contribution >= 0.6 is 0 Å². The molecule has 0 saturated carbocycles. The third-order valence-electron chi connectivity index (χ3n) is 4.12. The zero-order valence-corrected chi connectivity index (χ0v) is 18.2. The van der Waals surface area contributed by atoms with Gasteiger partial charge in [0.15, 0.2) is 0 Å². The number of anilines is 2. The minimum absolute atomic E-state index is 0.0181. The number of nitrogens with zero attached hydrogens (tertiary/aromatic N) is 1. The van der Waals surface area contributed by atoms with Gasteiger partial charge in [-0.25, -0.2) is 17.8 Å². The molecular formula is C20H22F4N4O3S. The highest BCUT2D eigenvalue weighted by Gasteiger charge is 2.32. The normalized spacial score (nSPS) is 13.1. The fourth-order valence-electron chi connectivity index (χ4n) is 2.66. The van der Waals surface area contributed by atoms with E-state index in [9.17, 15) is 30.8 Å². The molecule has 0 aliphatic carbocycles. The van der Waals surface area contributed by atoms with Crippen LogP contribution in [0.15, 0.2) is 36.4 Å². The average Bonchev–Trinajstić information content (AvgIpc) is 2.67. The summed E-state index contributed by atoms with van der Waals surface area (Å²) >= 11 is 0. The van der Waals surface area contributed by atoms with Crippen molar-refractivity contribution in [1.82, 2.24) is 10.3 Å². The van der Waals surface area contributed by atoms with Crippen LogP contribution in [0.1, 0.15) is 36.7 Å². The standard InChI is InChI=1S/C20H22F4N4O3S/c1-4-25-19-13(6-9-17(27-19)20(22,23)24)7-10-18(29)26-12(2)14-5-8-16(15(21)11-14)28-32(3,30)31/h5-12,28H,4H2,1-3H3,(H,25,27)(H,26,29). The Labute approximate surface area is 183 Å². The predicted molar refractivity (Wildman–Crippen MR) is 114 cm³/mol. The molecular weight excluding hydrogens is 452 g/mol. The van der Waals surface area contributed by atoms with Crippen LogP contribution in [-0.4, -0.2) is 32.1 Å². The molecule has 0 radical (unpaired) electrons. The van der Waals surface area contributed by atoms with Gasteiger partial charge in [0, 0.05) is 18.2 Å². The maximum absolute atomic E-state index is 14.1. The van der Waals surface area contributed by atoms with E-state index in [-0.39, 0.29) is 17.1 Å². The van der Waals surface area contributed by atoms with Crippen molar-refractivity contribution in [3.05, 3.63) is 59.0 Å². The van der Waals surface area contributed by atoms with E-state index in [1.54, 1.807) is 13.8 Å². The molecule has 12 heteroatoms. The number of carbonyl (C=O) groups is 1. The van der Waals surface area contributed by atoms with Crippen molar-refractivity contribution >= 4 is 33.5 Å². The molecule has 1 heterocycles. The molecule has 1 atom stereocenters. The Balaban J connectivity index is 2.12. The highest BCUT2D eigenvalue weighted by atomic mass is 32.2. The number of rotatable bonds is 8. The summed E-state index contributed by atoms with van der Waals surface area (Å²) in [5, 5.41) is 5.32. The van der Waals surface area contributed by atoms with Gasteiger partial charge in [0.25, 0.3) is 0 Å². The van der Waals surface area contributed by atoms with Crippen molar-refractivity contribution in [1.29, 1.82) is 0 Å². The molecule has 0 bridgehead atoms. The summed E-state index contributed by atoms with van der Waals surface area (Å²) in [7, 11) is -3.65. The predicted octanol–water partition coefficient (Wildman–Crippen LogP) is 3.93. The second-order valence-corrected chi connectivity index (χ2v) is 8.59. The monoisotopic (exact) mass is 474 g/mol. The highest BCUT2D eigenvalue weighted by molar-refractivity contribution is 7.92. The average molecular weight is 474 g/mol. The van der Waals surface area contributed by atoms with Gasteiger partial charge in [-0.2, -0.15) is 13.2 Å². The molecule has 1 amide bonds. The first kappa shape index (κ1) is 25.1. The number of hydrogen-bond acceptors (Lipinski definition) is 5.